The van der Waals surface area contributed by atoms with Crippen molar-refractivity contribution >= 4 is 33.3 Å². The number of amides is 1. The van der Waals surface area contributed by atoms with E-state index in [-0.39, 0.29) is 35.4 Å². The maximum absolute atomic E-state index is 13.4. The van der Waals surface area contributed by atoms with Crippen molar-refractivity contribution in [3.8, 4) is 0 Å². The van der Waals surface area contributed by atoms with Gasteiger partial charge < -0.3 is 16.4 Å². The Kier molecular flexibility index (Phi) is 5.28. The number of anilines is 2. The zero-order valence-electron chi connectivity index (χ0n) is 18.6. The topological polar surface area (TPSA) is 122 Å². The number of hydrogen-bond donors (Lipinski definition) is 2. The minimum atomic E-state index is -3.90. The fourth-order valence-corrected chi connectivity index (χ4v) is 5.98. The molecular formula is C25H25N5O3S. The largest absolute Gasteiger partial charge is 0.399 e. The van der Waals surface area contributed by atoms with Crippen LogP contribution in [0, 0.1) is 0 Å². The van der Waals surface area contributed by atoms with Gasteiger partial charge in [0.05, 0.1) is 17.5 Å². The highest BCUT2D eigenvalue weighted by Gasteiger charge is 2.37. The monoisotopic (exact) mass is 475 g/mol. The lowest BCUT2D eigenvalue weighted by Gasteiger charge is -2.23. The van der Waals surface area contributed by atoms with Crippen LogP contribution in [0.1, 0.15) is 34.5 Å². The summed E-state index contributed by atoms with van der Waals surface area (Å²) in [5.74, 6) is -0.175. The number of nitrogens with two attached hydrogens (primary N) is 2. The van der Waals surface area contributed by atoms with Gasteiger partial charge in [-0.25, -0.2) is 17.7 Å². The van der Waals surface area contributed by atoms with Crippen molar-refractivity contribution in [2.45, 2.75) is 30.3 Å². The van der Waals surface area contributed by atoms with Crippen LogP contribution < -0.4 is 16.4 Å². The van der Waals surface area contributed by atoms with Gasteiger partial charge in [0.1, 0.15) is 0 Å². The second kappa shape index (κ2) is 8.18. The van der Waals surface area contributed by atoms with Crippen LogP contribution in [-0.2, 0) is 16.4 Å². The first-order valence-electron chi connectivity index (χ1n) is 11.0. The lowest BCUT2D eigenvalue weighted by Crippen LogP contribution is -2.39. The average molecular weight is 476 g/mol. The third-order valence-corrected chi connectivity index (χ3v) is 8.06. The molecule has 2 aliphatic heterocycles. The maximum atomic E-state index is 13.4. The molecule has 1 unspecified atom stereocenters. The average Bonchev–Trinajstić information content (AvgIpc) is 3.38. The highest BCUT2D eigenvalue weighted by Crippen LogP contribution is 2.36. The number of aliphatic imine (C=N–C) groups is 1. The van der Waals surface area contributed by atoms with Gasteiger partial charge in [-0.2, -0.15) is 0 Å². The van der Waals surface area contributed by atoms with Gasteiger partial charge in [0.25, 0.3) is 15.9 Å². The van der Waals surface area contributed by atoms with E-state index in [1.165, 1.54) is 6.07 Å². The molecule has 1 amide bonds. The first-order valence-corrected chi connectivity index (χ1v) is 12.4. The van der Waals surface area contributed by atoms with Gasteiger partial charge in [-0.1, -0.05) is 30.3 Å². The molecule has 3 aromatic rings. The molecule has 0 aliphatic carbocycles. The number of carbonyl (C=O) groups excluding carboxylic acids is 1. The van der Waals surface area contributed by atoms with Gasteiger partial charge >= 0.3 is 0 Å². The minimum Gasteiger partial charge on any atom is -0.399 e. The predicted octanol–water partition coefficient (Wildman–Crippen LogP) is 2.92. The molecule has 2 heterocycles. The van der Waals surface area contributed by atoms with E-state index in [0.29, 0.717) is 23.4 Å². The fourth-order valence-electron chi connectivity index (χ4n) is 4.56. The number of carbonyl (C=O) groups is 1. The molecule has 5 rings (SSSR count). The fraction of sp³-hybridized carbons (Fsp3) is 0.200. The molecule has 174 valence electrons. The summed E-state index contributed by atoms with van der Waals surface area (Å²) in [7, 11) is -3.90. The summed E-state index contributed by atoms with van der Waals surface area (Å²) < 4.78 is 28.0. The Morgan fingerprint density at radius 2 is 1.71 bits per heavy atom. The highest BCUT2D eigenvalue weighted by atomic mass is 32.2. The molecule has 34 heavy (non-hydrogen) atoms. The molecule has 2 aliphatic rings. The number of benzene rings is 3. The summed E-state index contributed by atoms with van der Waals surface area (Å²) in [5.41, 5.74) is 15.3. The molecule has 9 heteroatoms. The molecule has 0 saturated heterocycles. The number of rotatable bonds is 4. The van der Waals surface area contributed by atoms with E-state index in [1.54, 1.807) is 41.3 Å². The third-order valence-electron chi connectivity index (χ3n) is 6.30. The van der Waals surface area contributed by atoms with Crippen LogP contribution in [0.4, 0.5) is 11.4 Å². The predicted molar refractivity (Wildman–Crippen MR) is 132 cm³/mol. The van der Waals surface area contributed by atoms with Crippen molar-refractivity contribution in [1.82, 2.24) is 4.31 Å². The Balaban J connectivity index is 1.42. The van der Waals surface area contributed by atoms with E-state index >= 15 is 0 Å². The van der Waals surface area contributed by atoms with Crippen LogP contribution in [0.25, 0.3) is 0 Å². The van der Waals surface area contributed by atoms with Crippen LogP contribution in [-0.4, -0.2) is 37.2 Å². The van der Waals surface area contributed by atoms with Crippen molar-refractivity contribution in [3.63, 3.8) is 0 Å². The van der Waals surface area contributed by atoms with Crippen LogP contribution in [0.3, 0.4) is 0 Å². The Labute approximate surface area is 198 Å². The third kappa shape index (κ3) is 3.67. The van der Waals surface area contributed by atoms with E-state index in [2.05, 4.69) is 4.99 Å². The Morgan fingerprint density at radius 1 is 1.00 bits per heavy atom. The van der Waals surface area contributed by atoms with Crippen molar-refractivity contribution in [1.29, 1.82) is 0 Å². The summed E-state index contributed by atoms with van der Waals surface area (Å²) in [4.78, 5) is 19.4. The summed E-state index contributed by atoms with van der Waals surface area (Å²) in [6.07, 6.45) is 0.551. The van der Waals surface area contributed by atoms with E-state index in [9.17, 15) is 13.2 Å². The van der Waals surface area contributed by atoms with Gasteiger partial charge in [-0.15, -0.1) is 0 Å². The number of fused-ring (bicyclic) bond motifs is 1. The van der Waals surface area contributed by atoms with Gasteiger partial charge in [0.2, 0.25) is 5.96 Å². The van der Waals surface area contributed by atoms with Gasteiger partial charge in [-0.3, -0.25) is 4.79 Å². The van der Waals surface area contributed by atoms with Crippen LogP contribution in [0.5, 0.6) is 0 Å². The number of sulfonamides is 1. The normalized spacial score (nSPS) is 19.7. The maximum Gasteiger partial charge on any atom is 0.266 e. The minimum absolute atomic E-state index is 0.0251. The van der Waals surface area contributed by atoms with Gasteiger partial charge in [0, 0.05) is 23.0 Å². The quantitative estimate of drug-likeness (QED) is 0.562. The van der Waals surface area contributed by atoms with Crippen LogP contribution in [0.2, 0.25) is 0 Å². The van der Waals surface area contributed by atoms with Gasteiger partial charge in [0.15, 0.2) is 0 Å². The van der Waals surface area contributed by atoms with Crippen LogP contribution in [0.15, 0.2) is 82.7 Å². The molecule has 8 nitrogen and oxygen atoms in total. The summed E-state index contributed by atoms with van der Waals surface area (Å²) >= 11 is 0. The number of hydrogen-bond acceptors (Lipinski definition) is 6. The first kappa shape index (κ1) is 22.0. The number of nitrogen functional groups attached to an aromatic ring is 1. The van der Waals surface area contributed by atoms with Gasteiger partial charge in [-0.05, 0) is 66.9 Å². The molecule has 0 spiro atoms. The lowest BCUT2D eigenvalue weighted by atomic mass is 10.1. The smallest absolute Gasteiger partial charge is 0.266 e. The standard InChI is InChI=1S/C25H25N5O3S/c1-16-13-19-14-21(11-12-23(19)30(16)24(31)18-7-9-20(26)10-8-18)34(32,33)29-15-22(28-25(29)27)17-5-3-2-4-6-17/h2-12,14,16,22H,13,15,26H2,1H3,(H2,27,28)/t16?,22-/m1/s1. The molecule has 0 radical (unpaired) electrons. The molecule has 2 atom stereocenters. The van der Waals surface area contributed by atoms with Crippen molar-refractivity contribution in [2.75, 3.05) is 17.2 Å². The van der Waals surface area contributed by atoms with Crippen molar-refractivity contribution < 1.29 is 13.2 Å². The zero-order valence-corrected chi connectivity index (χ0v) is 19.4. The molecule has 0 aromatic heterocycles. The second-order valence-corrected chi connectivity index (χ2v) is 10.5. The lowest BCUT2D eigenvalue weighted by molar-refractivity contribution is 0.0981. The summed E-state index contributed by atoms with van der Waals surface area (Å²) in [5, 5.41) is 0. The molecule has 3 aromatic carbocycles. The summed E-state index contributed by atoms with van der Waals surface area (Å²) in [6, 6.07) is 20.6. The first-order chi connectivity index (χ1) is 16.3. The molecule has 0 bridgehead atoms. The number of guanidine groups is 1. The molecule has 0 fully saturated rings. The summed E-state index contributed by atoms with van der Waals surface area (Å²) in [6.45, 7) is 2.09. The van der Waals surface area contributed by atoms with E-state index in [1.807, 2.05) is 37.3 Å². The van der Waals surface area contributed by atoms with Crippen molar-refractivity contribution in [3.05, 3.63) is 89.5 Å². The van der Waals surface area contributed by atoms with E-state index < -0.39 is 10.0 Å². The Bertz CT molecular complexity index is 1390. The van der Waals surface area contributed by atoms with E-state index in [0.717, 1.165) is 15.4 Å². The molecule has 4 N–H and O–H groups in total. The zero-order chi connectivity index (χ0) is 24.0. The molecule has 0 saturated carbocycles. The molecular weight excluding hydrogens is 450 g/mol. The Morgan fingerprint density at radius 3 is 2.41 bits per heavy atom. The SMILES string of the molecule is CC1Cc2cc(S(=O)(=O)N3C[C@H](c4ccccc4)N=C3N)ccc2N1C(=O)c1ccc(N)cc1. The van der Waals surface area contributed by atoms with Crippen LogP contribution >= 0.6 is 0 Å². The highest BCUT2D eigenvalue weighted by molar-refractivity contribution is 7.89. The van der Waals surface area contributed by atoms with E-state index in [4.69, 9.17) is 11.5 Å². The van der Waals surface area contributed by atoms with Crippen molar-refractivity contribution in [2.24, 2.45) is 10.7 Å². The number of nitrogens with zero attached hydrogens (tertiary/aromatic N) is 3. The second-order valence-electron chi connectivity index (χ2n) is 8.59. The Hall–Kier alpha value is -3.85.